The highest BCUT2D eigenvalue weighted by Crippen LogP contribution is 2.44. The molecule has 0 spiro atoms. The molecule has 0 aliphatic heterocycles. The minimum atomic E-state index is -0.938. The molecule has 178 valence electrons. The molecule has 2 amide bonds. The Labute approximate surface area is 210 Å². The summed E-state index contributed by atoms with van der Waals surface area (Å²) in [6.07, 6.45) is 0.603. The molecule has 7 nitrogen and oxygen atoms in total. The van der Waals surface area contributed by atoms with Gasteiger partial charge in [0.2, 0.25) is 0 Å². The van der Waals surface area contributed by atoms with Crippen LogP contribution in [0.3, 0.4) is 0 Å². The van der Waals surface area contributed by atoms with Gasteiger partial charge in [-0.3, -0.25) is 14.9 Å². The smallest absolute Gasteiger partial charge is 0.411 e. The molecule has 0 heterocycles. The summed E-state index contributed by atoms with van der Waals surface area (Å²) in [5.41, 5.74) is 4.75. The lowest BCUT2D eigenvalue weighted by molar-refractivity contribution is -0.137. The third kappa shape index (κ3) is 4.79. The molecule has 8 heteroatoms. The zero-order chi connectivity index (χ0) is 24.6. The molecule has 2 aliphatic rings. The zero-order valence-electron chi connectivity index (χ0n) is 18.7. The Hall–Kier alpha value is -3.65. The molecule has 0 atom stereocenters. The fraction of sp³-hybridized carbons (Fsp3) is 0.222. The van der Waals surface area contributed by atoms with Gasteiger partial charge in [-0.15, -0.1) is 0 Å². The van der Waals surface area contributed by atoms with Crippen molar-refractivity contribution in [3.05, 3.63) is 87.9 Å². The SMILES string of the molecule is O=C(O)CC1(NC(=O)c2ccc(NC(=O)OCC3c4ccccc4-c4ccccc43)c(Br)c2)CC1. The van der Waals surface area contributed by atoms with Crippen molar-refractivity contribution in [1.82, 2.24) is 5.32 Å². The number of carboxylic acid groups (broad SMARTS) is 1. The fourth-order valence-electron chi connectivity index (χ4n) is 4.60. The first-order chi connectivity index (χ1) is 16.8. The Kier molecular flexibility index (Phi) is 6.06. The van der Waals surface area contributed by atoms with E-state index in [1.165, 1.54) is 0 Å². The second-order valence-corrected chi connectivity index (χ2v) is 9.80. The third-order valence-corrected chi connectivity index (χ3v) is 7.19. The van der Waals surface area contributed by atoms with Crippen molar-refractivity contribution in [3.8, 4) is 11.1 Å². The minimum absolute atomic E-state index is 0.0387. The van der Waals surface area contributed by atoms with E-state index in [1.807, 2.05) is 24.3 Å². The van der Waals surface area contributed by atoms with Crippen molar-refractivity contribution in [2.24, 2.45) is 0 Å². The van der Waals surface area contributed by atoms with Crippen LogP contribution in [0.1, 0.15) is 46.7 Å². The average molecular weight is 535 g/mol. The van der Waals surface area contributed by atoms with Gasteiger partial charge >= 0.3 is 12.1 Å². The molecule has 3 N–H and O–H groups in total. The van der Waals surface area contributed by atoms with Gasteiger partial charge in [-0.25, -0.2) is 4.79 Å². The average Bonchev–Trinajstić information content (AvgIpc) is 3.50. The van der Waals surface area contributed by atoms with Crippen LogP contribution in [0.25, 0.3) is 11.1 Å². The predicted molar refractivity (Wildman–Crippen MR) is 135 cm³/mol. The van der Waals surface area contributed by atoms with Crippen LogP contribution in [-0.4, -0.2) is 35.2 Å². The van der Waals surface area contributed by atoms with Crippen molar-refractivity contribution < 1.29 is 24.2 Å². The number of fused-ring (bicyclic) bond motifs is 3. The molecule has 1 saturated carbocycles. The molecule has 0 aromatic heterocycles. The van der Waals surface area contributed by atoms with Gasteiger partial charge in [0.05, 0.1) is 17.6 Å². The summed E-state index contributed by atoms with van der Waals surface area (Å²) in [5.74, 6) is -1.33. The number of carbonyl (C=O) groups is 3. The van der Waals surface area contributed by atoms with Gasteiger partial charge in [-0.1, -0.05) is 48.5 Å². The van der Waals surface area contributed by atoms with E-state index in [1.54, 1.807) is 18.2 Å². The maximum atomic E-state index is 12.6. The summed E-state index contributed by atoms with van der Waals surface area (Å²) in [4.78, 5) is 36.2. The summed E-state index contributed by atoms with van der Waals surface area (Å²) in [7, 11) is 0. The molecule has 2 aliphatic carbocycles. The van der Waals surface area contributed by atoms with E-state index >= 15 is 0 Å². The lowest BCUT2D eigenvalue weighted by Crippen LogP contribution is -2.38. The summed E-state index contributed by atoms with van der Waals surface area (Å²) in [6.45, 7) is 0.198. The molecule has 0 saturated heterocycles. The Bertz CT molecular complexity index is 1290. The first kappa shape index (κ1) is 23.1. The number of hydrogen-bond donors (Lipinski definition) is 3. The molecular weight excluding hydrogens is 512 g/mol. The van der Waals surface area contributed by atoms with E-state index in [2.05, 4.69) is 50.8 Å². The van der Waals surface area contributed by atoms with Crippen molar-refractivity contribution >= 4 is 39.6 Å². The number of anilines is 1. The van der Waals surface area contributed by atoms with Crippen LogP contribution in [-0.2, 0) is 9.53 Å². The van der Waals surface area contributed by atoms with Crippen LogP contribution in [0.5, 0.6) is 0 Å². The molecule has 3 aromatic carbocycles. The number of ether oxygens (including phenoxy) is 1. The maximum Gasteiger partial charge on any atom is 0.411 e. The van der Waals surface area contributed by atoms with Gasteiger partial charge in [0.15, 0.2) is 0 Å². The lowest BCUT2D eigenvalue weighted by Gasteiger charge is -2.16. The largest absolute Gasteiger partial charge is 0.481 e. The number of benzene rings is 3. The second-order valence-electron chi connectivity index (χ2n) is 8.95. The van der Waals surface area contributed by atoms with E-state index < -0.39 is 17.6 Å². The molecule has 1 fully saturated rings. The van der Waals surface area contributed by atoms with Gasteiger partial charge in [0, 0.05) is 16.0 Å². The van der Waals surface area contributed by atoms with E-state index in [9.17, 15) is 14.4 Å². The van der Waals surface area contributed by atoms with E-state index in [4.69, 9.17) is 9.84 Å². The number of amides is 2. The van der Waals surface area contributed by atoms with Gasteiger partial charge in [-0.05, 0) is 69.2 Å². The van der Waals surface area contributed by atoms with Crippen molar-refractivity contribution in [2.45, 2.75) is 30.7 Å². The van der Waals surface area contributed by atoms with Crippen LogP contribution in [0.15, 0.2) is 71.2 Å². The number of nitrogens with one attached hydrogen (secondary N) is 2. The predicted octanol–water partition coefficient (Wildman–Crippen LogP) is 5.55. The number of hydrogen-bond acceptors (Lipinski definition) is 4. The molecule has 0 radical (unpaired) electrons. The molecule has 0 unspecified atom stereocenters. The monoisotopic (exact) mass is 534 g/mol. The number of carbonyl (C=O) groups excluding carboxylic acids is 2. The Balaban J connectivity index is 1.22. The molecule has 0 bridgehead atoms. The van der Waals surface area contributed by atoms with Crippen LogP contribution in [0, 0.1) is 0 Å². The van der Waals surface area contributed by atoms with Gasteiger partial charge < -0.3 is 15.2 Å². The van der Waals surface area contributed by atoms with E-state index in [0.29, 0.717) is 28.6 Å². The third-order valence-electron chi connectivity index (χ3n) is 6.53. The van der Waals surface area contributed by atoms with Crippen LogP contribution < -0.4 is 10.6 Å². The molecule has 35 heavy (non-hydrogen) atoms. The number of carboxylic acids is 1. The fourth-order valence-corrected chi connectivity index (χ4v) is 5.08. The van der Waals surface area contributed by atoms with Gasteiger partial charge in [0.25, 0.3) is 5.91 Å². The topological polar surface area (TPSA) is 105 Å². The normalized spacial score (nSPS) is 15.0. The van der Waals surface area contributed by atoms with E-state index in [0.717, 1.165) is 22.3 Å². The first-order valence-corrected chi connectivity index (χ1v) is 12.1. The summed E-state index contributed by atoms with van der Waals surface area (Å²) < 4.78 is 6.10. The highest BCUT2D eigenvalue weighted by molar-refractivity contribution is 9.10. The first-order valence-electron chi connectivity index (χ1n) is 11.3. The zero-order valence-corrected chi connectivity index (χ0v) is 20.3. The summed E-state index contributed by atoms with van der Waals surface area (Å²) in [5, 5.41) is 14.6. The maximum absolute atomic E-state index is 12.6. The van der Waals surface area contributed by atoms with Gasteiger partial charge in [-0.2, -0.15) is 0 Å². The Morgan fingerprint density at radius 2 is 1.60 bits per heavy atom. The van der Waals surface area contributed by atoms with Crippen LogP contribution in [0.2, 0.25) is 0 Å². The lowest BCUT2D eigenvalue weighted by atomic mass is 9.98. The molecular formula is C27H23BrN2O5. The minimum Gasteiger partial charge on any atom is -0.481 e. The highest BCUT2D eigenvalue weighted by Gasteiger charge is 2.46. The summed E-state index contributed by atoms with van der Waals surface area (Å²) >= 11 is 3.40. The Morgan fingerprint density at radius 3 is 2.17 bits per heavy atom. The van der Waals surface area contributed by atoms with Gasteiger partial charge in [0.1, 0.15) is 6.61 Å². The molecule has 3 aromatic rings. The molecule has 5 rings (SSSR count). The quantitative estimate of drug-likeness (QED) is 0.368. The number of halogens is 1. The second kappa shape index (κ2) is 9.19. The van der Waals surface area contributed by atoms with E-state index in [-0.39, 0.29) is 24.9 Å². The van der Waals surface area contributed by atoms with Crippen LogP contribution in [0.4, 0.5) is 10.5 Å². The van der Waals surface area contributed by atoms with Crippen molar-refractivity contribution in [2.75, 3.05) is 11.9 Å². The van der Waals surface area contributed by atoms with Crippen molar-refractivity contribution in [1.29, 1.82) is 0 Å². The summed E-state index contributed by atoms with van der Waals surface area (Å²) in [6, 6.07) is 21.0. The van der Waals surface area contributed by atoms with Crippen molar-refractivity contribution in [3.63, 3.8) is 0 Å². The highest BCUT2D eigenvalue weighted by atomic mass is 79.9. The standard InChI is InChI=1S/C27H23BrN2O5/c28-22-13-16(25(33)30-27(11-12-27)14-24(31)32)9-10-23(22)29-26(34)35-15-21-19-7-3-1-5-17(19)18-6-2-4-8-20(18)21/h1-10,13,21H,11-12,14-15H2,(H,29,34)(H,30,33)(H,31,32). The number of aliphatic carboxylic acids is 1. The van der Waals surface area contributed by atoms with Crippen LogP contribution >= 0.6 is 15.9 Å². The Morgan fingerprint density at radius 1 is 0.971 bits per heavy atom. The number of rotatable bonds is 7.